The van der Waals surface area contributed by atoms with E-state index in [0.717, 1.165) is 6.07 Å². The summed E-state index contributed by atoms with van der Waals surface area (Å²) in [7, 11) is 0. The fourth-order valence-corrected chi connectivity index (χ4v) is 2.21. The highest BCUT2D eigenvalue weighted by Crippen LogP contribution is 2.36. The van der Waals surface area contributed by atoms with Crippen LogP contribution in [0.25, 0.3) is 11.1 Å². The van der Waals surface area contributed by atoms with Gasteiger partial charge in [-0.1, -0.05) is 25.8 Å². The number of ether oxygens (including phenoxy) is 3. The molecule has 0 radical (unpaired) electrons. The van der Waals surface area contributed by atoms with Crippen LogP contribution in [0.2, 0.25) is 0 Å². The van der Waals surface area contributed by atoms with Crippen molar-refractivity contribution in [2.75, 3.05) is 0 Å². The Labute approximate surface area is 179 Å². The van der Waals surface area contributed by atoms with Crippen LogP contribution in [0.15, 0.2) is 72.9 Å². The lowest BCUT2D eigenvalue weighted by Gasteiger charge is -2.13. The highest BCUT2D eigenvalue weighted by Gasteiger charge is 2.17. The maximum absolute atomic E-state index is 14.5. The van der Waals surface area contributed by atoms with Crippen LogP contribution in [0.1, 0.15) is 20.8 Å². The summed E-state index contributed by atoms with van der Waals surface area (Å²) in [6, 6.07) is 8.15. The molecule has 0 saturated heterocycles. The summed E-state index contributed by atoms with van der Waals surface area (Å²) in [5, 5.41) is 0. The molecule has 0 bridgehead atoms. The molecule has 2 aromatic rings. The molecule has 0 unspecified atom stereocenters. The highest BCUT2D eigenvalue weighted by atomic mass is 19.1. The second-order valence-electron chi connectivity index (χ2n) is 6.81. The van der Waals surface area contributed by atoms with E-state index in [0.29, 0.717) is 11.1 Å². The van der Waals surface area contributed by atoms with Gasteiger partial charge in [0.05, 0.1) is 0 Å². The van der Waals surface area contributed by atoms with Crippen molar-refractivity contribution in [1.29, 1.82) is 0 Å². The summed E-state index contributed by atoms with van der Waals surface area (Å²) in [5.74, 6) is -3.07. The van der Waals surface area contributed by atoms with Gasteiger partial charge < -0.3 is 14.2 Å². The molecule has 0 aliphatic heterocycles. The zero-order valence-electron chi connectivity index (χ0n) is 17.4. The molecular formula is C24H21FO6. The monoisotopic (exact) mass is 424 g/mol. The number of halogens is 1. The van der Waals surface area contributed by atoms with Crippen LogP contribution in [-0.4, -0.2) is 17.9 Å². The van der Waals surface area contributed by atoms with Crippen molar-refractivity contribution in [3.05, 3.63) is 78.7 Å². The Kier molecular flexibility index (Phi) is 7.26. The third-order valence-electron chi connectivity index (χ3n) is 3.86. The fraction of sp³-hybridized carbons (Fsp3) is 0.125. The Morgan fingerprint density at radius 1 is 0.710 bits per heavy atom. The predicted molar refractivity (Wildman–Crippen MR) is 113 cm³/mol. The lowest BCUT2D eigenvalue weighted by molar-refractivity contribution is -0.131. The van der Waals surface area contributed by atoms with E-state index < -0.39 is 23.7 Å². The molecule has 0 spiro atoms. The fourth-order valence-electron chi connectivity index (χ4n) is 2.21. The van der Waals surface area contributed by atoms with Gasteiger partial charge in [-0.3, -0.25) is 0 Å². The SMILES string of the molecule is C=C(C)C(=O)Oc1ccc(-c2ccc(OC(=O)C(=C)C)c(F)c2)c(OC(=O)C(=C)C)c1. The van der Waals surface area contributed by atoms with Crippen LogP contribution in [0.4, 0.5) is 4.39 Å². The summed E-state index contributed by atoms with van der Waals surface area (Å²) in [6.07, 6.45) is 0. The molecule has 6 nitrogen and oxygen atoms in total. The average molecular weight is 424 g/mol. The number of rotatable bonds is 7. The smallest absolute Gasteiger partial charge is 0.338 e. The Balaban J connectivity index is 2.47. The third kappa shape index (κ3) is 5.99. The van der Waals surface area contributed by atoms with E-state index in [9.17, 15) is 18.8 Å². The Morgan fingerprint density at radius 3 is 1.74 bits per heavy atom. The predicted octanol–water partition coefficient (Wildman–Crippen LogP) is 4.94. The number of benzene rings is 2. The summed E-state index contributed by atoms with van der Waals surface area (Å²) < 4.78 is 30.0. The van der Waals surface area contributed by atoms with Crippen LogP contribution in [0.5, 0.6) is 17.2 Å². The number of hydrogen-bond donors (Lipinski definition) is 0. The van der Waals surface area contributed by atoms with Gasteiger partial charge in [0, 0.05) is 28.3 Å². The zero-order chi connectivity index (χ0) is 23.3. The number of hydrogen-bond acceptors (Lipinski definition) is 6. The van der Waals surface area contributed by atoms with Gasteiger partial charge in [-0.25, -0.2) is 18.8 Å². The third-order valence-corrected chi connectivity index (χ3v) is 3.86. The van der Waals surface area contributed by atoms with Gasteiger partial charge in [0.15, 0.2) is 11.6 Å². The molecule has 0 atom stereocenters. The summed E-state index contributed by atoms with van der Waals surface area (Å²) in [6.45, 7) is 14.9. The Hall–Kier alpha value is -4.00. The molecule has 0 amide bonds. The van der Waals surface area contributed by atoms with E-state index in [1.165, 1.54) is 51.1 Å². The molecular weight excluding hydrogens is 403 g/mol. The molecule has 0 N–H and O–H groups in total. The van der Waals surface area contributed by atoms with Crippen LogP contribution in [-0.2, 0) is 14.4 Å². The van der Waals surface area contributed by atoms with Crippen molar-refractivity contribution in [2.45, 2.75) is 20.8 Å². The molecule has 31 heavy (non-hydrogen) atoms. The molecule has 2 rings (SSSR count). The quantitative estimate of drug-likeness (QED) is 0.356. The van der Waals surface area contributed by atoms with E-state index in [1.54, 1.807) is 0 Å². The number of carbonyl (C=O) groups excluding carboxylic acids is 3. The van der Waals surface area contributed by atoms with Gasteiger partial charge in [0.25, 0.3) is 0 Å². The number of esters is 3. The maximum atomic E-state index is 14.5. The first-order valence-electron chi connectivity index (χ1n) is 9.06. The first kappa shape index (κ1) is 23.3. The van der Waals surface area contributed by atoms with E-state index in [4.69, 9.17) is 14.2 Å². The summed E-state index contributed by atoms with van der Waals surface area (Å²) >= 11 is 0. The standard InChI is InChI=1S/C24H21FO6/c1-13(2)22(26)29-17-8-9-18(21(12-17)31-24(28)15(5)6)16-7-10-20(19(25)11-16)30-23(27)14(3)4/h7-12H,1,3,5H2,2,4,6H3. The lowest BCUT2D eigenvalue weighted by atomic mass is 10.0. The van der Waals surface area contributed by atoms with Gasteiger partial charge in [0.2, 0.25) is 0 Å². The van der Waals surface area contributed by atoms with Crippen LogP contribution >= 0.6 is 0 Å². The minimum Gasteiger partial charge on any atom is -0.423 e. The Bertz CT molecular complexity index is 1110. The summed E-state index contributed by atoms with van der Waals surface area (Å²) in [5.41, 5.74) is 1.11. The molecule has 0 aliphatic carbocycles. The van der Waals surface area contributed by atoms with Crippen LogP contribution in [0, 0.1) is 5.82 Å². The van der Waals surface area contributed by atoms with E-state index in [-0.39, 0.29) is 34.0 Å². The van der Waals surface area contributed by atoms with E-state index >= 15 is 0 Å². The van der Waals surface area contributed by atoms with Crippen molar-refractivity contribution >= 4 is 17.9 Å². The molecule has 0 heterocycles. The molecule has 0 fully saturated rings. The van der Waals surface area contributed by atoms with Crippen molar-refractivity contribution in [3.63, 3.8) is 0 Å². The normalized spacial score (nSPS) is 10.1. The summed E-state index contributed by atoms with van der Waals surface area (Å²) in [4.78, 5) is 35.5. The molecule has 2 aromatic carbocycles. The lowest BCUT2D eigenvalue weighted by Crippen LogP contribution is -2.11. The molecule has 0 aliphatic rings. The second kappa shape index (κ2) is 9.67. The van der Waals surface area contributed by atoms with Crippen molar-refractivity contribution in [1.82, 2.24) is 0 Å². The van der Waals surface area contributed by atoms with Crippen LogP contribution in [0.3, 0.4) is 0 Å². The molecule has 0 aromatic heterocycles. The minimum absolute atomic E-state index is 0.0195. The topological polar surface area (TPSA) is 78.9 Å². The highest BCUT2D eigenvalue weighted by molar-refractivity contribution is 5.91. The van der Waals surface area contributed by atoms with Crippen molar-refractivity contribution < 1.29 is 33.0 Å². The van der Waals surface area contributed by atoms with Gasteiger partial charge in [-0.05, 0) is 50.6 Å². The van der Waals surface area contributed by atoms with Crippen molar-refractivity contribution in [2.24, 2.45) is 0 Å². The first-order valence-corrected chi connectivity index (χ1v) is 9.06. The minimum atomic E-state index is -0.804. The second-order valence-corrected chi connectivity index (χ2v) is 6.81. The largest absolute Gasteiger partial charge is 0.423 e. The molecule has 0 saturated carbocycles. The average Bonchev–Trinajstić information content (AvgIpc) is 2.69. The first-order chi connectivity index (χ1) is 14.5. The van der Waals surface area contributed by atoms with E-state index in [1.807, 2.05) is 0 Å². The van der Waals surface area contributed by atoms with Gasteiger partial charge in [0.1, 0.15) is 11.5 Å². The van der Waals surface area contributed by atoms with Gasteiger partial charge in [-0.15, -0.1) is 0 Å². The maximum Gasteiger partial charge on any atom is 0.338 e. The zero-order valence-corrected chi connectivity index (χ0v) is 17.4. The van der Waals surface area contributed by atoms with Gasteiger partial charge in [-0.2, -0.15) is 0 Å². The molecule has 160 valence electrons. The van der Waals surface area contributed by atoms with Crippen LogP contribution < -0.4 is 14.2 Å². The van der Waals surface area contributed by atoms with Crippen molar-refractivity contribution in [3.8, 4) is 28.4 Å². The Morgan fingerprint density at radius 2 is 1.23 bits per heavy atom. The van der Waals surface area contributed by atoms with Gasteiger partial charge >= 0.3 is 17.9 Å². The molecule has 7 heteroatoms. The number of carbonyl (C=O) groups is 3. The van der Waals surface area contributed by atoms with E-state index in [2.05, 4.69) is 19.7 Å².